The predicted molar refractivity (Wildman–Crippen MR) is 140 cm³/mol. The molecule has 1 saturated carbocycles. The van der Waals surface area contributed by atoms with Crippen molar-refractivity contribution in [3.8, 4) is 0 Å². The van der Waals surface area contributed by atoms with E-state index in [4.69, 9.17) is 9.47 Å². The standard InChI is InChI=1S/C28H54N2O4/c1-6-8-10-12-14-16-18-33-25(31)29-23-28(5)21-24(20-27(3,4)22-28)30-26(32)34-19-17-15-13-11-9-7-2/h24H,6-23H2,1-5H3,(H,29,31)(H,30,32). The molecule has 1 aliphatic carbocycles. The van der Waals surface area contributed by atoms with E-state index >= 15 is 0 Å². The predicted octanol–water partition coefficient (Wildman–Crippen LogP) is 7.74. The first-order valence-electron chi connectivity index (χ1n) is 14.0. The summed E-state index contributed by atoms with van der Waals surface area (Å²) in [6.07, 6.45) is 16.1. The minimum Gasteiger partial charge on any atom is -0.450 e. The second-order valence-corrected chi connectivity index (χ2v) is 11.6. The summed E-state index contributed by atoms with van der Waals surface area (Å²) in [5.41, 5.74) is -0.0214. The molecule has 1 rings (SSSR count). The molecule has 2 amide bonds. The number of carbonyl (C=O) groups is 2. The van der Waals surface area contributed by atoms with Crippen LogP contribution in [-0.2, 0) is 9.47 Å². The Morgan fingerprint density at radius 2 is 1.24 bits per heavy atom. The van der Waals surface area contributed by atoms with Gasteiger partial charge in [0.05, 0.1) is 13.2 Å². The van der Waals surface area contributed by atoms with Crippen LogP contribution >= 0.6 is 0 Å². The monoisotopic (exact) mass is 482 g/mol. The highest BCUT2D eigenvalue weighted by atomic mass is 16.6. The molecule has 0 aromatic heterocycles. The van der Waals surface area contributed by atoms with E-state index in [1.165, 1.54) is 51.4 Å². The Morgan fingerprint density at radius 1 is 0.735 bits per heavy atom. The van der Waals surface area contributed by atoms with Crippen LogP contribution in [0.5, 0.6) is 0 Å². The molecule has 6 heteroatoms. The number of nitrogens with one attached hydrogen (secondary N) is 2. The molecule has 0 bridgehead atoms. The molecule has 0 radical (unpaired) electrons. The molecule has 2 unspecified atom stereocenters. The molecule has 0 saturated heterocycles. The number of hydrogen-bond acceptors (Lipinski definition) is 4. The maximum Gasteiger partial charge on any atom is 0.407 e. The molecule has 1 aliphatic rings. The second kappa shape index (κ2) is 17.0. The number of carbonyl (C=O) groups excluding carboxylic acids is 2. The van der Waals surface area contributed by atoms with Crippen molar-refractivity contribution in [1.82, 2.24) is 10.6 Å². The van der Waals surface area contributed by atoms with Crippen molar-refractivity contribution in [3.05, 3.63) is 0 Å². The van der Waals surface area contributed by atoms with Crippen molar-refractivity contribution >= 4 is 12.2 Å². The molecule has 200 valence electrons. The van der Waals surface area contributed by atoms with Gasteiger partial charge in [0.1, 0.15) is 0 Å². The van der Waals surface area contributed by atoms with Crippen LogP contribution in [0.25, 0.3) is 0 Å². The minimum absolute atomic E-state index is 0.0479. The summed E-state index contributed by atoms with van der Waals surface area (Å²) < 4.78 is 10.8. The molecule has 2 N–H and O–H groups in total. The zero-order valence-corrected chi connectivity index (χ0v) is 22.9. The quantitative estimate of drug-likeness (QED) is 0.208. The topological polar surface area (TPSA) is 76.7 Å². The van der Waals surface area contributed by atoms with E-state index in [1.807, 2.05) is 0 Å². The van der Waals surface area contributed by atoms with Crippen LogP contribution in [0, 0.1) is 10.8 Å². The SMILES string of the molecule is CCCCCCCCOC(=O)NCC1(C)CC(NC(=O)OCCCCCCCC)CC(C)(C)C1. The fraction of sp³-hybridized carbons (Fsp3) is 0.929. The smallest absolute Gasteiger partial charge is 0.407 e. The molecule has 2 atom stereocenters. The Hall–Kier alpha value is -1.46. The van der Waals surface area contributed by atoms with Gasteiger partial charge in [0.15, 0.2) is 0 Å². The van der Waals surface area contributed by atoms with E-state index in [9.17, 15) is 9.59 Å². The Bertz CT molecular complexity index is 567. The number of rotatable bonds is 17. The van der Waals surface area contributed by atoms with Gasteiger partial charge in [0.25, 0.3) is 0 Å². The van der Waals surface area contributed by atoms with Gasteiger partial charge in [0.2, 0.25) is 0 Å². The van der Waals surface area contributed by atoms with Crippen molar-refractivity contribution in [2.24, 2.45) is 10.8 Å². The van der Waals surface area contributed by atoms with E-state index in [0.717, 1.165) is 44.9 Å². The third kappa shape index (κ3) is 14.7. The maximum absolute atomic E-state index is 12.3. The molecule has 0 aromatic carbocycles. The molecular formula is C28H54N2O4. The van der Waals surface area contributed by atoms with Gasteiger partial charge in [-0.05, 0) is 42.9 Å². The molecule has 0 aromatic rings. The normalized spacial score (nSPS) is 21.6. The van der Waals surface area contributed by atoms with Crippen LogP contribution in [-0.4, -0.2) is 38.0 Å². The lowest BCUT2D eigenvalue weighted by Gasteiger charge is -2.46. The second-order valence-electron chi connectivity index (χ2n) is 11.6. The van der Waals surface area contributed by atoms with Crippen LogP contribution < -0.4 is 10.6 Å². The summed E-state index contributed by atoms with van der Waals surface area (Å²) >= 11 is 0. The zero-order chi connectivity index (χ0) is 25.3. The van der Waals surface area contributed by atoms with Gasteiger partial charge < -0.3 is 20.1 Å². The fourth-order valence-corrected chi connectivity index (χ4v) is 5.51. The average molecular weight is 483 g/mol. The largest absolute Gasteiger partial charge is 0.450 e. The highest BCUT2D eigenvalue weighted by Gasteiger charge is 2.42. The van der Waals surface area contributed by atoms with Crippen molar-refractivity contribution in [3.63, 3.8) is 0 Å². The molecule has 0 heterocycles. The first-order valence-corrected chi connectivity index (χ1v) is 14.0. The maximum atomic E-state index is 12.3. The molecule has 1 fully saturated rings. The van der Waals surface area contributed by atoms with Crippen molar-refractivity contribution in [1.29, 1.82) is 0 Å². The Morgan fingerprint density at radius 3 is 1.79 bits per heavy atom. The van der Waals surface area contributed by atoms with E-state index in [1.54, 1.807) is 0 Å². The van der Waals surface area contributed by atoms with Gasteiger partial charge in [-0.2, -0.15) is 0 Å². The number of ether oxygens (including phenoxy) is 2. The van der Waals surface area contributed by atoms with Crippen molar-refractivity contribution < 1.29 is 19.1 Å². The van der Waals surface area contributed by atoms with E-state index < -0.39 is 0 Å². The number of amides is 2. The van der Waals surface area contributed by atoms with E-state index in [-0.39, 0.29) is 29.1 Å². The Labute approximate surface area is 209 Å². The summed E-state index contributed by atoms with van der Waals surface area (Å²) in [6.45, 7) is 12.6. The van der Waals surface area contributed by atoms with Crippen molar-refractivity contribution in [2.75, 3.05) is 19.8 Å². The van der Waals surface area contributed by atoms with Gasteiger partial charge >= 0.3 is 12.2 Å². The molecule has 34 heavy (non-hydrogen) atoms. The number of hydrogen-bond donors (Lipinski definition) is 2. The molecule has 0 aliphatic heterocycles. The summed E-state index contributed by atoms with van der Waals surface area (Å²) in [5.74, 6) is 0. The Kier molecular flexibility index (Phi) is 15.3. The lowest BCUT2D eigenvalue weighted by molar-refractivity contribution is 0.0621. The third-order valence-electron chi connectivity index (χ3n) is 6.89. The highest BCUT2D eigenvalue weighted by Crippen LogP contribution is 2.45. The zero-order valence-electron chi connectivity index (χ0n) is 22.9. The van der Waals surface area contributed by atoms with Crippen LogP contribution in [0.3, 0.4) is 0 Å². The molecular weight excluding hydrogens is 428 g/mol. The van der Waals surface area contributed by atoms with Crippen LogP contribution in [0.1, 0.15) is 131 Å². The summed E-state index contributed by atoms with van der Waals surface area (Å²) in [5, 5.41) is 6.06. The van der Waals surface area contributed by atoms with E-state index in [0.29, 0.717) is 19.8 Å². The van der Waals surface area contributed by atoms with Gasteiger partial charge in [-0.3, -0.25) is 0 Å². The van der Waals surface area contributed by atoms with Gasteiger partial charge in [-0.1, -0.05) is 98.8 Å². The molecule has 6 nitrogen and oxygen atoms in total. The van der Waals surface area contributed by atoms with E-state index in [2.05, 4.69) is 45.3 Å². The lowest BCUT2D eigenvalue weighted by atomic mass is 9.62. The van der Waals surface area contributed by atoms with Gasteiger partial charge in [0, 0.05) is 12.6 Å². The number of unbranched alkanes of at least 4 members (excludes halogenated alkanes) is 10. The first-order chi connectivity index (χ1) is 16.2. The average Bonchev–Trinajstić information content (AvgIpc) is 2.75. The molecule has 0 spiro atoms. The lowest BCUT2D eigenvalue weighted by Crippen LogP contribution is -2.50. The van der Waals surface area contributed by atoms with Crippen LogP contribution in [0.15, 0.2) is 0 Å². The highest BCUT2D eigenvalue weighted by molar-refractivity contribution is 5.68. The number of alkyl carbamates (subject to hydrolysis) is 2. The minimum atomic E-state index is -0.332. The summed E-state index contributed by atoms with van der Waals surface area (Å²) in [7, 11) is 0. The fourth-order valence-electron chi connectivity index (χ4n) is 5.51. The third-order valence-corrected chi connectivity index (χ3v) is 6.89. The Balaban J connectivity index is 2.32. The van der Waals surface area contributed by atoms with Crippen LogP contribution in [0.4, 0.5) is 9.59 Å². The van der Waals surface area contributed by atoms with Crippen LogP contribution in [0.2, 0.25) is 0 Å². The summed E-state index contributed by atoms with van der Waals surface area (Å²) in [6, 6.07) is 0.0479. The first kappa shape index (κ1) is 30.6. The van der Waals surface area contributed by atoms with Crippen molar-refractivity contribution in [2.45, 2.75) is 137 Å². The van der Waals surface area contributed by atoms with Gasteiger partial charge in [-0.25, -0.2) is 9.59 Å². The summed E-state index contributed by atoms with van der Waals surface area (Å²) in [4.78, 5) is 24.5. The van der Waals surface area contributed by atoms with Gasteiger partial charge in [-0.15, -0.1) is 0 Å².